The molecule has 3 N–H and O–H groups in total. The maximum absolute atomic E-state index is 12.7. The fraction of sp³-hybridized carbons (Fsp3) is 0.652. The number of hydrogen-bond donors (Lipinski definition) is 2. The van der Waals surface area contributed by atoms with Crippen LogP contribution >= 0.6 is 0 Å². The Morgan fingerprint density at radius 1 is 1.00 bits per heavy atom. The molecule has 2 atom stereocenters. The molecule has 1 aromatic rings. The van der Waals surface area contributed by atoms with E-state index in [9.17, 15) is 9.59 Å². The third-order valence-corrected chi connectivity index (χ3v) is 7.60. The second-order valence-electron chi connectivity index (χ2n) is 9.67. The summed E-state index contributed by atoms with van der Waals surface area (Å²) < 4.78 is 0. The van der Waals surface area contributed by atoms with Gasteiger partial charge in [0.15, 0.2) is 11.8 Å². The highest BCUT2D eigenvalue weighted by Gasteiger charge is 2.54. The van der Waals surface area contributed by atoms with Crippen molar-refractivity contribution >= 4 is 17.4 Å². The Balaban J connectivity index is 1.36. The number of benzene rings is 1. The van der Waals surface area contributed by atoms with Crippen molar-refractivity contribution in [1.29, 1.82) is 0 Å². The van der Waals surface area contributed by atoms with Gasteiger partial charge in [0.1, 0.15) is 0 Å². The van der Waals surface area contributed by atoms with E-state index in [-0.39, 0.29) is 17.7 Å². The molecule has 4 aliphatic rings. The van der Waals surface area contributed by atoms with Crippen molar-refractivity contribution < 1.29 is 14.9 Å². The second-order valence-corrected chi connectivity index (χ2v) is 9.67. The SMILES string of the molecule is CC(=O)c1ccc(NC(=O)[C@@H](C)[NH2+][C@@H](C)C23CC4CC(CC(C4)C2)C3)cc1. The fourth-order valence-corrected chi connectivity index (χ4v) is 6.50. The summed E-state index contributed by atoms with van der Waals surface area (Å²) in [5.41, 5.74) is 1.88. The van der Waals surface area contributed by atoms with Crippen molar-refractivity contribution in [1.82, 2.24) is 0 Å². The lowest BCUT2D eigenvalue weighted by molar-refractivity contribution is -0.718. The van der Waals surface area contributed by atoms with E-state index in [0.717, 1.165) is 23.4 Å². The summed E-state index contributed by atoms with van der Waals surface area (Å²) in [6, 6.07) is 7.54. The maximum Gasteiger partial charge on any atom is 0.282 e. The smallest absolute Gasteiger partial charge is 0.282 e. The molecule has 5 rings (SSSR count). The molecule has 1 amide bonds. The van der Waals surface area contributed by atoms with Crippen molar-refractivity contribution in [3.63, 3.8) is 0 Å². The van der Waals surface area contributed by atoms with Gasteiger partial charge in [0, 0.05) is 16.7 Å². The molecule has 0 heterocycles. The van der Waals surface area contributed by atoms with Crippen LogP contribution in [0.15, 0.2) is 24.3 Å². The molecule has 4 aliphatic carbocycles. The molecule has 146 valence electrons. The highest BCUT2D eigenvalue weighted by atomic mass is 16.2. The zero-order chi connectivity index (χ0) is 19.2. The number of carbonyl (C=O) groups is 2. The van der Waals surface area contributed by atoms with Crippen LogP contribution in [-0.4, -0.2) is 23.8 Å². The van der Waals surface area contributed by atoms with Crippen LogP contribution in [0.3, 0.4) is 0 Å². The van der Waals surface area contributed by atoms with Crippen molar-refractivity contribution in [2.45, 2.75) is 71.4 Å². The highest BCUT2D eigenvalue weighted by molar-refractivity contribution is 5.96. The minimum absolute atomic E-state index is 0.0407. The molecule has 0 spiro atoms. The van der Waals surface area contributed by atoms with Gasteiger partial charge in [0.2, 0.25) is 0 Å². The lowest BCUT2D eigenvalue weighted by Gasteiger charge is -2.58. The molecular weight excluding hydrogens is 336 g/mol. The van der Waals surface area contributed by atoms with Crippen molar-refractivity contribution in [2.75, 3.05) is 5.32 Å². The molecule has 27 heavy (non-hydrogen) atoms. The van der Waals surface area contributed by atoms with Crippen LogP contribution in [0, 0.1) is 23.2 Å². The van der Waals surface area contributed by atoms with Gasteiger partial charge in [0.05, 0.1) is 6.04 Å². The Hall–Kier alpha value is -1.68. The monoisotopic (exact) mass is 369 g/mol. The van der Waals surface area contributed by atoms with Crippen LogP contribution < -0.4 is 10.6 Å². The van der Waals surface area contributed by atoms with Gasteiger partial charge >= 0.3 is 0 Å². The topological polar surface area (TPSA) is 62.8 Å². The van der Waals surface area contributed by atoms with Crippen LogP contribution in [-0.2, 0) is 4.79 Å². The number of Topliss-reactive ketones (excluding diaryl/α,β-unsaturated/α-hetero) is 1. The molecule has 4 fully saturated rings. The van der Waals surface area contributed by atoms with Gasteiger partial charge in [-0.15, -0.1) is 0 Å². The molecule has 0 unspecified atom stereocenters. The molecule has 4 heteroatoms. The van der Waals surface area contributed by atoms with E-state index >= 15 is 0 Å². The van der Waals surface area contributed by atoms with Crippen LogP contribution in [0.1, 0.15) is 69.7 Å². The van der Waals surface area contributed by atoms with Crippen LogP contribution in [0.5, 0.6) is 0 Å². The number of amides is 1. The fourth-order valence-electron chi connectivity index (χ4n) is 6.50. The molecule has 0 aliphatic heterocycles. The number of nitrogens with one attached hydrogen (secondary N) is 1. The Morgan fingerprint density at radius 2 is 1.52 bits per heavy atom. The number of carbonyl (C=O) groups excluding carboxylic acids is 2. The minimum Gasteiger partial charge on any atom is -0.334 e. The summed E-state index contributed by atoms with van der Waals surface area (Å²) in [7, 11) is 0. The van der Waals surface area contributed by atoms with E-state index in [1.165, 1.54) is 38.5 Å². The molecule has 4 bridgehead atoms. The molecular formula is C23H33N2O2+. The lowest BCUT2D eigenvalue weighted by Crippen LogP contribution is -2.98. The summed E-state index contributed by atoms with van der Waals surface area (Å²) >= 11 is 0. The first-order valence-electron chi connectivity index (χ1n) is 10.6. The molecule has 0 saturated heterocycles. The van der Waals surface area contributed by atoms with Crippen molar-refractivity contribution in [3.8, 4) is 0 Å². The van der Waals surface area contributed by atoms with Gasteiger partial charge in [0.25, 0.3) is 5.91 Å². The predicted octanol–water partition coefficient (Wildman–Crippen LogP) is 3.38. The van der Waals surface area contributed by atoms with Gasteiger partial charge in [-0.1, -0.05) is 0 Å². The van der Waals surface area contributed by atoms with Gasteiger partial charge in [-0.2, -0.15) is 0 Å². The summed E-state index contributed by atoms with van der Waals surface area (Å²) in [5.74, 6) is 2.91. The lowest BCUT2D eigenvalue weighted by atomic mass is 9.48. The zero-order valence-electron chi connectivity index (χ0n) is 16.8. The molecule has 0 aromatic heterocycles. The first-order chi connectivity index (χ1) is 12.8. The first kappa shape index (κ1) is 18.7. The summed E-state index contributed by atoms with van der Waals surface area (Å²) in [5, 5.41) is 5.30. The van der Waals surface area contributed by atoms with E-state index in [4.69, 9.17) is 0 Å². The van der Waals surface area contributed by atoms with E-state index < -0.39 is 0 Å². The third kappa shape index (κ3) is 3.69. The summed E-state index contributed by atoms with van der Waals surface area (Å²) in [6.45, 7) is 5.91. The largest absolute Gasteiger partial charge is 0.334 e. The average molecular weight is 370 g/mol. The van der Waals surface area contributed by atoms with Gasteiger partial charge in [-0.25, -0.2) is 0 Å². The van der Waals surface area contributed by atoms with E-state index in [1.54, 1.807) is 19.1 Å². The van der Waals surface area contributed by atoms with Crippen LogP contribution in [0.25, 0.3) is 0 Å². The quantitative estimate of drug-likeness (QED) is 0.755. The predicted molar refractivity (Wildman–Crippen MR) is 107 cm³/mol. The van der Waals surface area contributed by atoms with Gasteiger partial charge in [-0.3, -0.25) is 9.59 Å². The van der Waals surface area contributed by atoms with E-state index in [2.05, 4.69) is 17.6 Å². The molecule has 4 nitrogen and oxygen atoms in total. The average Bonchev–Trinajstić information content (AvgIpc) is 2.60. The third-order valence-electron chi connectivity index (χ3n) is 7.60. The van der Waals surface area contributed by atoms with E-state index in [0.29, 0.717) is 17.0 Å². The number of nitrogens with two attached hydrogens (primary N) is 1. The summed E-state index contributed by atoms with van der Waals surface area (Å²) in [6.07, 6.45) is 8.49. The van der Waals surface area contributed by atoms with E-state index in [1.807, 2.05) is 19.1 Å². The van der Waals surface area contributed by atoms with Crippen molar-refractivity contribution in [2.24, 2.45) is 23.2 Å². The minimum atomic E-state index is -0.111. The van der Waals surface area contributed by atoms with Gasteiger partial charge < -0.3 is 10.6 Å². The number of anilines is 1. The number of rotatable bonds is 6. The number of quaternary nitrogens is 1. The Labute approximate surface area is 162 Å². The van der Waals surface area contributed by atoms with Crippen LogP contribution in [0.2, 0.25) is 0 Å². The maximum atomic E-state index is 12.7. The van der Waals surface area contributed by atoms with Crippen LogP contribution in [0.4, 0.5) is 5.69 Å². The second kappa shape index (κ2) is 7.05. The molecule has 4 saturated carbocycles. The zero-order valence-corrected chi connectivity index (χ0v) is 16.8. The summed E-state index contributed by atoms with van der Waals surface area (Å²) in [4.78, 5) is 24.1. The number of hydrogen-bond acceptors (Lipinski definition) is 2. The standard InChI is InChI=1S/C23H32N2O2/c1-14(22(27)25-21-6-4-20(5-7-21)15(2)26)24-16(3)23-11-17-8-18(12-23)10-19(9-17)13-23/h4-7,14,16-19,24H,8-13H2,1-3H3,(H,25,27)/p+1/t14-,16+,17?,18?,19?,23?/m1/s1. The van der Waals surface area contributed by atoms with Crippen molar-refractivity contribution in [3.05, 3.63) is 29.8 Å². The Bertz CT molecular complexity index is 689. The number of ketones is 1. The normalized spacial score (nSPS) is 33.5. The molecule has 0 radical (unpaired) electrons. The Morgan fingerprint density at radius 3 is 2.00 bits per heavy atom. The first-order valence-corrected chi connectivity index (χ1v) is 10.6. The van der Waals surface area contributed by atoms with Gasteiger partial charge in [-0.05, 0) is 101 Å². The highest BCUT2D eigenvalue weighted by Crippen LogP contribution is 2.60. The molecule has 1 aromatic carbocycles. The Kier molecular flexibility index (Phi) is 4.87.